The van der Waals surface area contributed by atoms with E-state index >= 15 is 0 Å². The van der Waals surface area contributed by atoms with Gasteiger partial charge in [0.05, 0.1) is 11.0 Å². The molecule has 5 nitrogen and oxygen atoms in total. The number of nitrogens with zero attached hydrogens (tertiary/aromatic N) is 4. The highest BCUT2D eigenvalue weighted by Crippen LogP contribution is 2.37. The third-order valence-corrected chi connectivity index (χ3v) is 5.28. The van der Waals surface area contributed by atoms with Crippen LogP contribution in [-0.2, 0) is 0 Å². The van der Waals surface area contributed by atoms with Crippen LogP contribution in [0.25, 0.3) is 0 Å². The van der Waals surface area contributed by atoms with Crippen LogP contribution in [0.5, 0.6) is 0 Å². The zero-order valence-electron chi connectivity index (χ0n) is 10.3. The van der Waals surface area contributed by atoms with Gasteiger partial charge in [0.25, 0.3) is 0 Å². The van der Waals surface area contributed by atoms with E-state index in [4.69, 9.17) is 5.10 Å². The third kappa shape index (κ3) is 1.70. The summed E-state index contributed by atoms with van der Waals surface area (Å²) in [7, 11) is 0. The van der Waals surface area contributed by atoms with Crippen LogP contribution in [-0.4, -0.2) is 38.9 Å². The van der Waals surface area contributed by atoms with E-state index in [9.17, 15) is 0 Å². The zero-order chi connectivity index (χ0) is 11.9. The van der Waals surface area contributed by atoms with Crippen molar-refractivity contribution in [2.75, 3.05) is 13.1 Å². The molecule has 1 aromatic heterocycles. The van der Waals surface area contributed by atoms with Gasteiger partial charge in [-0.15, -0.1) is 10.2 Å². The fraction of sp³-hybridized carbons (Fsp3) is 0.750. The molecule has 96 valence electrons. The molecule has 0 spiro atoms. The summed E-state index contributed by atoms with van der Waals surface area (Å²) in [5.41, 5.74) is 1.31. The monoisotopic (exact) mass is 263 g/mol. The molecule has 1 saturated heterocycles. The van der Waals surface area contributed by atoms with E-state index in [1.807, 2.05) is 16.4 Å². The van der Waals surface area contributed by atoms with Gasteiger partial charge in [-0.05, 0) is 12.8 Å². The molecule has 0 aromatic carbocycles. The summed E-state index contributed by atoms with van der Waals surface area (Å²) in [6, 6.07) is 0. The topological polar surface area (TPSA) is 55.1 Å². The van der Waals surface area contributed by atoms with Gasteiger partial charge in [-0.3, -0.25) is 0 Å². The Bertz CT molecular complexity index is 489. The molecular weight excluding hydrogens is 246 g/mol. The van der Waals surface area contributed by atoms with Crippen molar-refractivity contribution in [1.29, 1.82) is 0 Å². The molecule has 18 heavy (non-hydrogen) atoms. The van der Waals surface area contributed by atoms with Crippen molar-refractivity contribution < 1.29 is 0 Å². The SMILES string of the molecule is C1CCC(c2nnc3n2N=C2CCNCC2S3)C1. The predicted octanol–water partition coefficient (Wildman–Crippen LogP) is 1.61. The highest BCUT2D eigenvalue weighted by molar-refractivity contribution is 8.00. The number of fused-ring (bicyclic) bond motifs is 2. The average Bonchev–Trinajstić information content (AvgIpc) is 3.04. The van der Waals surface area contributed by atoms with Crippen molar-refractivity contribution in [2.45, 2.75) is 48.4 Å². The minimum atomic E-state index is 0.465. The number of hydrogen-bond donors (Lipinski definition) is 1. The maximum atomic E-state index is 4.82. The van der Waals surface area contributed by atoms with Gasteiger partial charge in [0, 0.05) is 25.4 Å². The Labute approximate surface area is 110 Å². The first-order valence-corrected chi connectivity index (χ1v) is 7.70. The number of thioether (sulfide) groups is 1. The first-order chi connectivity index (χ1) is 8.92. The smallest absolute Gasteiger partial charge is 0.212 e. The highest BCUT2D eigenvalue weighted by Gasteiger charge is 2.32. The number of aromatic nitrogens is 3. The molecule has 0 amide bonds. The summed E-state index contributed by atoms with van der Waals surface area (Å²) in [6.45, 7) is 2.06. The van der Waals surface area contributed by atoms with Gasteiger partial charge in [-0.2, -0.15) is 9.78 Å². The van der Waals surface area contributed by atoms with Crippen LogP contribution in [0.1, 0.15) is 43.8 Å². The number of rotatable bonds is 1. The van der Waals surface area contributed by atoms with Crippen molar-refractivity contribution >= 4 is 17.5 Å². The van der Waals surface area contributed by atoms with Gasteiger partial charge >= 0.3 is 0 Å². The minimum absolute atomic E-state index is 0.465. The Morgan fingerprint density at radius 3 is 3.00 bits per heavy atom. The number of nitrogens with one attached hydrogen (secondary N) is 1. The van der Waals surface area contributed by atoms with Gasteiger partial charge in [-0.1, -0.05) is 24.6 Å². The van der Waals surface area contributed by atoms with Crippen LogP contribution in [0.4, 0.5) is 0 Å². The average molecular weight is 263 g/mol. The van der Waals surface area contributed by atoms with Gasteiger partial charge in [0.1, 0.15) is 0 Å². The first kappa shape index (κ1) is 11.0. The Hall–Kier alpha value is -0.880. The summed E-state index contributed by atoms with van der Waals surface area (Å²) < 4.78 is 2.03. The third-order valence-electron chi connectivity index (χ3n) is 4.09. The zero-order valence-corrected chi connectivity index (χ0v) is 11.1. The maximum Gasteiger partial charge on any atom is 0.212 e. The minimum Gasteiger partial charge on any atom is -0.315 e. The van der Waals surface area contributed by atoms with Crippen molar-refractivity contribution in [3.63, 3.8) is 0 Å². The fourth-order valence-corrected chi connectivity index (χ4v) is 4.17. The number of hydrogen-bond acceptors (Lipinski definition) is 5. The quantitative estimate of drug-likeness (QED) is 0.836. The molecule has 2 aliphatic heterocycles. The second-order valence-corrected chi connectivity index (χ2v) is 6.46. The maximum absolute atomic E-state index is 4.82. The van der Waals surface area contributed by atoms with Crippen LogP contribution in [0.2, 0.25) is 0 Å². The van der Waals surface area contributed by atoms with E-state index in [0.717, 1.165) is 30.5 Å². The standard InChI is InChI=1S/C12H17N5S/c1-2-4-8(3-1)11-14-15-12-17(11)16-9-5-6-13-7-10(9)18-12/h8,10,13H,1-7H2. The molecule has 3 aliphatic rings. The van der Waals surface area contributed by atoms with Gasteiger partial charge in [0.2, 0.25) is 5.16 Å². The molecular formula is C12H17N5S. The molecule has 6 heteroatoms. The molecule has 1 N–H and O–H groups in total. The van der Waals surface area contributed by atoms with Gasteiger partial charge in [-0.25, -0.2) is 0 Å². The van der Waals surface area contributed by atoms with E-state index < -0.39 is 0 Å². The van der Waals surface area contributed by atoms with E-state index in [2.05, 4.69) is 15.5 Å². The van der Waals surface area contributed by atoms with Crippen molar-refractivity contribution in [2.24, 2.45) is 5.10 Å². The van der Waals surface area contributed by atoms with E-state index in [1.54, 1.807) is 0 Å². The van der Waals surface area contributed by atoms with Crippen LogP contribution in [0.3, 0.4) is 0 Å². The van der Waals surface area contributed by atoms with Gasteiger partial charge in [0.15, 0.2) is 5.82 Å². The molecule has 1 saturated carbocycles. The molecule has 0 bridgehead atoms. The molecule has 2 fully saturated rings. The van der Waals surface area contributed by atoms with Gasteiger partial charge < -0.3 is 5.32 Å². The Kier molecular flexibility index (Phi) is 2.65. The van der Waals surface area contributed by atoms with Crippen molar-refractivity contribution in [1.82, 2.24) is 20.2 Å². The number of piperidine rings is 1. The Balaban J connectivity index is 1.71. The van der Waals surface area contributed by atoms with Crippen molar-refractivity contribution in [3.8, 4) is 0 Å². The van der Waals surface area contributed by atoms with E-state index in [1.165, 1.54) is 31.4 Å². The van der Waals surface area contributed by atoms with Crippen LogP contribution >= 0.6 is 11.8 Å². The largest absolute Gasteiger partial charge is 0.315 e. The molecule has 3 heterocycles. The molecule has 1 aliphatic carbocycles. The lowest BCUT2D eigenvalue weighted by atomic mass is 10.1. The molecule has 0 radical (unpaired) electrons. The normalized spacial score (nSPS) is 27.8. The summed E-state index contributed by atoms with van der Waals surface area (Å²) in [5.74, 6) is 1.67. The summed E-state index contributed by atoms with van der Waals surface area (Å²) in [5, 5.41) is 18.4. The van der Waals surface area contributed by atoms with Crippen molar-refractivity contribution in [3.05, 3.63) is 5.82 Å². The summed E-state index contributed by atoms with van der Waals surface area (Å²) in [4.78, 5) is 0. The summed E-state index contributed by atoms with van der Waals surface area (Å²) >= 11 is 1.82. The Morgan fingerprint density at radius 2 is 2.11 bits per heavy atom. The first-order valence-electron chi connectivity index (χ1n) is 6.82. The molecule has 1 aromatic rings. The lowest BCUT2D eigenvalue weighted by Gasteiger charge is -2.27. The van der Waals surface area contributed by atoms with E-state index in [0.29, 0.717) is 11.2 Å². The van der Waals surface area contributed by atoms with E-state index in [-0.39, 0.29) is 0 Å². The second kappa shape index (κ2) is 4.35. The van der Waals surface area contributed by atoms with Crippen LogP contribution < -0.4 is 5.32 Å². The lowest BCUT2D eigenvalue weighted by molar-refractivity contribution is 0.591. The predicted molar refractivity (Wildman–Crippen MR) is 71.2 cm³/mol. The fourth-order valence-electron chi connectivity index (χ4n) is 3.09. The highest BCUT2D eigenvalue weighted by atomic mass is 32.2. The molecule has 1 atom stereocenters. The second-order valence-electron chi connectivity index (χ2n) is 5.29. The molecule has 4 rings (SSSR count). The van der Waals surface area contributed by atoms with Crippen LogP contribution in [0.15, 0.2) is 10.3 Å². The summed E-state index contributed by atoms with van der Waals surface area (Å²) in [6.07, 6.45) is 6.20. The molecule has 1 unspecified atom stereocenters. The van der Waals surface area contributed by atoms with Crippen LogP contribution in [0, 0.1) is 0 Å². The lowest BCUT2D eigenvalue weighted by Crippen LogP contribution is -2.41. The Morgan fingerprint density at radius 1 is 1.22 bits per heavy atom.